The van der Waals surface area contributed by atoms with Crippen LogP contribution in [0, 0.1) is 12.7 Å². The van der Waals surface area contributed by atoms with Crippen LogP contribution in [0.15, 0.2) is 48.8 Å². The molecule has 0 atom stereocenters. The summed E-state index contributed by atoms with van der Waals surface area (Å²) < 4.78 is 15.4. The van der Waals surface area contributed by atoms with Gasteiger partial charge in [-0.15, -0.1) is 0 Å². The summed E-state index contributed by atoms with van der Waals surface area (Å²) in [5.74, 6) is -0.594. The number of rotatable bonds is 4. The Morgan fingerprint density at radius 1 is 1.24 bits per heavy atom. The largest absolute Gasteiger partial charge is 0.337 e. The minimum Gasteiger partial charge on any atom is -0.337 e. The van der Waals surface area contributed by atoms with Crippen molar-refractivity contribution in [1.29, 1.82) is 0 Å². The molecule has 3 aromatic rings. The van der Waals surface area contributed by atoms with Crippen LogP contribution < -0.4 is 0 Å². The van der Waals surface area contributed by atoms with E-state index < -0.39 is 5.82 Å². The maximum Gasteiger partial charge on any atom is 0.257 e. The van der Waals surface area contributed by atoms with E-state index in [9.17, 15) is 9.18 Å². The number of hydrogen-bond acceptors (Lipinski definition) is 3. The molecular weight excluding hydrogens is 343 g/mol. The lowest BCUT2D eigenvalue weighted by atomic mass is 10.2. The van der Waals surface area contributed by atoms with Crippen LogP contribution in [0.1, 0.15) is 21.6 Å². The summed E-state index contributed by atoms with van der Waals surface area (Å²) >= 11 is 5.77. The number of pyridine rings is 1. The third-order valence-corrected chi connectivity index (χ3v) is 4.10. The summed E-state index contributed by atoms with van der Waals surface area (Å²) in [6.45, 7) is 2.12. The molecule has 0 aliphatic rings. The van der Waals surface area contributed by atoms with E-state index in [1.165, 1.54) is 16.9 Å². The predicted octanol–water partition coefficient (Wildman–Crippen LogP) is 3.64. The fourth-order valence-electron chi connectivity index (χ4n) is 2.54. The summed E-state index contributed by atoms with van der Waals surface area (Å²) in [6, 6.07) is 9.80. The highest BCUT2D eigenvalue weighted by molar-refractivity contribution is 6.29. The molecule has 3 rings (SSSR count). The van der Waals surface area contributed by atoms with Crippen LogP contribution in [0.2, 0.25) is 5.15 Å². The number of nitrogens with zero attached hydrogens (tertiary/aromatic N) is 4. The Balaban J connectivity index is 1.83. The smallest absolute Gasteiger partial charge is 0.257 e. The Morgan fingerprint density at radius 3 is 2.68 bits per heavy atom. The number of amides is 1. The average Bonchev–Trinajstić information content (AvgIpc) is 2.98. The Labute approximate surface area is 149 Å². The maximum atomic E-state index is 14.0. The Kier molecular flexibility index (Phi) is 4.81. The van der Waals surface area contributed by atoms with Gasteiger partial charge in [0.2, 0.25) is 0 Å². The second-order valence-corrected chi connectivity index (χ2v) is 6.04. The van der Waals surface area contributed by atoms with Crippen molar-refractivity contribution in [3.05, 3.63) is 76.6 Å². The minimum atomic E-state index is -0.395. The first kappa shape index (κ1) is 17.1. The van der Waals surface area contributed by atoms with Crippen LogP contribution >= 0.6 is 11.6 Å². The van der Waals surface area contributed by atoms with Gasteiger partial charge in [-0.2, -0.15) is 5.10 Å². The highest BCUT2D eigenvalue weighted by Gasteiger charge is 2.20. The van der Waals surface area contributed by atoms with Crippen molar-refractivity contribution in [2.24, 2.45) is 0 Å². The minimum absolute atomic E-state index is 0.199. The Hall–Kier alpha value is -2.73. The second-order valence-electron chi connectivity index (χ2n) is 5.66. The molecule has 5 nitrogen and oxygen atoms in total. The molecule has 2 heterocycles. The van der Waals surface area contributed by atoms with Gasteiger partial charge in [0.05, 0.1) is 17.5 Å². The summed E-state index contributed by atoms with van der Waals surface area (Å²) in [6.07, 6.45) is 3.09. The summed E-state index contributed by atoms with van der Waals surface area (Å²) in [5, 5.41) is 4.57. The number of para-hydroxylation sites is 1. The van der Waals surface area contributed by atoms with E-state index in [2.05, 4.69) is 10.1 Å². The molecule has 0 spiro atoms. The topological polar surface area (TPSA) is 51.0 Å². The van der Waals surface area contributed by atoms with Gasteiger partial charge in [0, 0.05) is 19.8 Å². The summed E-state index contributed by atoms with van der Waals surface area (Å²) in [4.78, 5) is 18.3. The van der Waals surface area contributed by atoms with E-state index in [1.807, 2.05) is 6.07 Å². The van der Waals surface area contributed by atoms with Crippen LogP contribution in [-0.4, -0.2) is 32.6 Å². The van der Waals surface area contributed by atoms with Crippen molar-refractivity contribution in [2.75, 3.05) is 7.05 Å². The lowest BCUT2D eigenvalue weighted by Gasteiger charge is -2.17. The van der Waals surface area contributed by atoms with Gasteiger partial charge in [0.1, 0.15) is 16.7 Å². The molecule has 7 heteroatoms. The third kappa shape index (κ3) is 3.53. The predicted molar refractivity (Wildman–Crippen MR) is 93.3 cm³/mol. The molecule has 128 valence electrons. The van der Waals surface area contributed by atoms with Gasteiger partial charge in [-0.3, -0.25) is 4.79 Å². The lowest BCUT2D eigenvalue weighted by Crippen LogP contribution is -2.26. The lowest BCUT2D eigenvalue weighted by molar-refractivity contribution is 0.0784. The van der Waals surface area contributed by atoms with Crippen LogP contribution in [0.4, 0.5) is 4.39 Å². The van der Waals surface area contributed by atoms with Gasteiger partial charge < -0.3 is 4.90 Å². The first-order valence-electron chi connectivity index (χ1n) is 7.63. The van der Waals surface area contributed by atoms with Crippen LogP contribution in [0.5, 0.6) is 0 Å². The van der Waals surface area contributed by atoms with E-state index in [0.29, 0.717) is 28.6 Å². The van der Waals surface area contributed by atoms with Gasteiger partial charge >= 0.3 is 0 Å². The van der Waals surface area contributed by atoms with Gasteiger partial charge in [0.25, 0.3) is 5.91 Å². The molecule has 0 saturated heterocycles. The fraction of sp³-hybridized carbons (Fsp3) is 0.167. The van der Waals surface area contributed by atoms with Crippen molar-refractivity contribution in [1.82, 2.24) is 19.7 Å². The molecular formula is C18H16ClFN4O. The highest BCUT2D eigenvalue weighted by Crippen LogP contribution is 2.18. The summed E-state index contributed by atoms with van der Waals surface area (Å²) in [5.41, 5.74) is 2.17. The molecule has 0 aliphatic heterocycles. The molecule has 0 radical (unpaired) electrons. The fourth-order valence-corrected chi connectivity index (χ4v) is 2.65. The molecule has 0 saturated carbocycles. The zero-order valence-electron chi connectivity index (χ0n) is 13.8. The second kappa shape index (κ2) is 7.03. The van der Waals surface area contributed by atoms with Crippen molar-refractivity contribution < 1.29 is 9.18 Å². The summed E-state index contributed by atoms with van der Waals surface area (Å²) in [7, 11) is 1.69. The van der Waals surface area contributed by atoms with Gasteiger partial charge in [-0.05, 0) is 30.7 Å². The number of benzene rings is 1. The molecule has 0 aliphatic carbocycles. The van der Waals surface area contributed by atoms with Crippen molar-refractivity contribution in [2.45, 2.75) is 13.5 Å². The SMILES string of the molecule is Cc1c(C(=O)N(C)Cc2ccc(Cl)nc2)cnn1-c1ccccc1F. The molecule has 2 aromatic heterocycles. The number of hydrogen-bond donors (Lipinski definition) is 0. The van der Waals surface area contributed by atoms with E-state index in [1.54, 1.807) is 49.3 Å². The first-order valence-corrected chi connectivity index (χ1v) is 8.00. The third-order valence-electron chi connectivity index (χ3n) is 3.88. The number of carbonyl (C=O) groups is 1. The monoisotopic (exact) mass is 358 g/mol. The molecule has 0 unspecified atom stereocenters. The van der Waals surface area contributed by atoms with Gasteiger partial charge in [0.15, 0.2) is 0 Å². The quantitative estimate of drug-likeness (QED) is 0.669. The first-order chi connectivity index (χ1) is 12.0. The normalized spacial score (nSPS) is 10.7. The van der Waals surface area contributed by atoms with E-state index in [0.717, 1.165) is 5.56 Å². The van der Waals surface area contributed by atoms with Crippen LogP contribution in [0.25, 0.3) is 5.69 Å². The Morgan fingerprint density at radius 2 is 2.00 bits per heavy atom. The molecule has 0 fully saturated rings. The van der Waals surface area contributed by atoms with Gasteiger partial charge in [-0.25, -0.2) is 14.1 Å². The average molecular weight is 359 g/mol. The zero-order valence-corrected chi connectivity index (χ0v) is 14.5. The zero-order chi connectivity index (χ0) is 18.0. The van der Waals surface area contributed by atoms with Gasteiger partial charge in [-0.1, -0.05) is 29.8 Å². The number of halogens is 2. The standard InChI is InChI=1S/C18H16ClFN4O/c1-12-14(10-22-24(12)16-6-4-3-5-15(16)20)18(25)23(2)11-13-7-8-17(19)21-9-13/h3-10H,11H2,1-2H3. The van der Waals surface area contributed by atoms with E-state index >= 15 is 0 Å². The molecule has 1 amide bonds. The van der Waals surface area contributed by atoms with E-state index in [-0.39, 0.29) is 5.91 Å². The Bertz CT molecular complexity index is 908. The molecule has 1 aromatic carbocycles. The molecule has 0 bridgehead atoms. The highest BCUT2D eigenvalue weighted by atomic mass is 35.5. The van der Waals surface area contributed by atoms with E-state index in [4.69, 9.17) is 11.6 Å². The van der Waals surface area contributed by atoms with Crippen molar-refractivity contribution >= 4 is 17.5 Å². The maximum absolute atomic E-state index is 14.0. The molecule has 25 heavy (non-hydrogen) atoms. The van der Waals surface area contributed by atoms with Crippen molar-refractivity contribution in [3.63, 3.8) is 0 Å². The van der Waals surface area contributed by atoms with Crippen molar-refractivity contribution in [3.8, 4) is 5.69 Å². The van der Waals surface area contributed by atoms with Crippen LogP contribution in [-0.2, 0) is 6.54 Å². The number of carbonyl (C=O) groups excluding carboxylic acids is 1. The molecule has 0 N–H and O–H groups in total. The number of aromatic nitrogens is 3. The van der Waals surface area contributed by atoms with Crippen LogP contribution in [0.3, 0.4) is 0 Å².